The lowest BCUT2D eigenvalue weighted by Gasteiger charge is -2.20. The monoisotopic (exact) mass is 544 g/mol. The van der Waals surface area contributed by atoms with Crippen LogP contribution < -0.4 is 9.47 Å². The number of rotatable bonds is 17. The van der Waals surface area contributed by atoms with Gasteiger partial charge in [-0.05, 0) is 73.2 Å². The Morgan fingerprint density at radius 2 is 1.10 bits per heavy atom. The highest BCUT2D eigenvalue weighted by molar-refractivity contribution is 5.39. The molecule has 212 valence electrons. The highest BCUT2D eigenvalue weighted by Gasteiger charge is 2.42. The van der Waals surface area contributed by atoms with E-state index in [0.717, 1.165) is 61.8 Å². The first-order chi connectivity index (χ1) is 18.8. The van der Waals surface area contributed by atoms with Gasteiger partial charge >= 0.3 is 6.11 Å². The summed E-state index contributed by atoms with van der Waals surface area (Å²) in [6.45, 7) is 4.30. The Hall–Kier alpha value is -3.02. The smallest absolute Gasteiger partial charge is 0.432 e. The van der Waals surface area contributed by atoms with Gasteiger partial charge in [0, 0.05) is 0 Å². The van der Waals surface area contributed by atoms with Crippen molar-refractivity contribution < 1.29 is 27.0 Å². The van der Waals surface area contributed by atoms with E-state index in [4.69, 9.17) is 9.47 Å². The molecular weight excluding hydrogens is 504 g/mol. The van der Waals surface area contributed by atoms with E-state index in [0.29, 0.717) is 0 Å². The zero-order valence-electron chi connectivity index (χ0n) is 23.1. The number of alkyl halides is 2. The lowest BCUT2D eigenvalue weighted by atomic mass is 10.0. The van der Waals surface area contributed by atoms with Crippen LogP contribution in [0.1, 0.15) is 94.7 Å². The molecule has 6 heteroatoms. The van der Waals surface area contributed by atoms with Crippen molar-refractivity contribution in [1.29, 1.82) is 0 Å². The first kappa shape index (κ1) is 30.5. The van der Waals surface area contributed by atoms with Crippen LogP contribution in [0.4, 0.5) is 17.6 Å². The second kappa shape index (κ2) is 15.5. The van der Waals surface area contributed by atoms with E-state index >= 15 is 4.39 Å². The molecule has 0 unspecified atom stereocenters. The summed E-state index contributed by atoms with van der Waals surface area (Å²) in [6, 6.07) is 14.9. The molecule has 0 amide bonds. The van der Waals surface area contributed by atoms with Crippen LogP contribution in [0.3, 0.4) is 0 Å². The standard InChI is InChI=1S/C33H40F4O2/c1-3-5-7-8-9-10-11-12-14-26-17-21-28(22-18-26)39-33(36,37)31-29(34)23-24-30(32(31)35)38-27-19-15-25(16-20-27)13-6-4-2/h15-24H,3-14H2,1-2H3. The minimum atomic E-state index is -4.24. The van der Waals surface area contributed by atoms with E-state index in [1.165, 1.54) is 50.7 Å². The third-order valence-corrected chi connectivity index (χ3v) is 6.81. The molecule has 0 aliphatic carbocycles. The van der Waals surface area contributed by atoms with Gasteiger partial charge in [0.2, 0.25) is 0 Å². The fourth-order valence-corrected chi connectivity index (χ4v) is 4.50. The van der Waals surface area contributed by atoms with Crippen LogP contribution in [-0.2, 0) is 19.0 Å². The van der Waals surface area contributed by atoms with Gasteiger partial charge in [-0.25, -0.2) is 8.78 Å². The van der Waals surface area contributed by atoms with Crippen LogP contribution in [0.5, 0.6) is 17.2 Å². The summed E-state index contributed by atoms with van der Waals surface area (Å²) in [6.07, 6.45) is 9.28. The lowest BCUT2D eigenvalue weighted by molar-refractivity contribution is -0.189. The molecule has 0 saturated heterocycles. The number of unbranched alkanes of at least 4 members (excludes halogenated alkanes) is 8. The number of ether oxygens (including phenoxy) is 2. The summed E-state index contributed by atoms with van der Waals surface area (Å²) in [5, 5.41) is 0. The first-order valence-corrected chi connectivity index (χ1v) is 14.2. The van der Waals surface area contributed by atoms with E-state index in [-0.39, 0.29) is 11.5 Å². The maximum atomic E-state index is 15.1. The Morgan fingerprint density at radius 1 is 0.590 bits per heavy atom. The Kier molecular flexibility index (Phi) is 12.2. The summed E-state index contributed by atoms with van der Waals surface area (Å²) < 4.78 is 69.8. The second-order valence-electron chi connectivity index (χ2n) is 10.1. The molecule has 0 spiro atoms. The van der Waals surface area contributed by atoms with Gasteiger partial charge < -0.3 is 9.47 Å². The third-order valence-electron chi connectivity index (χ3n) is 6.81. The quantitative estimate of drug-likeness (QED) is 0.124. The minimum Gasteiger partial charge on any atom is -0.454 e. The number of hydrogen-bond acceptors (Lipinski definition) is 2. The van der Waals surface area contributed by atoms with Crippen LogP contribution in [0.2, 0.25) is 0 Å². The largest absolute Gasteiger partial charge is 0.454 e. The molecule has 0 atom stereocenters. The molecule has 0 fully saturated rings. The van der Waals surface area contributed by atoms with E-state index in [9.17, 15) is 13.2 Å². The van der Waals surface area contributed by atoms with Crippen LogP contribution >= 0.6 is 0 Å². The molecule has 3 aromatic rings. The van der Waals surface area contributed by atoms with E-state index in [1.54, 1.807) is 24.3 Å². The molecule has 0 aliphatic rings. The van der Waals surface area contributed by atoms with Crippen LogP contribution in [0.25, 0.3) is 0 Å². The predicted molar refractivity (Wildman–Crippen MR) is 149 cm³/mol. The van der Waals surface area contributed by atoms with Gasteiger partial charge in [0.1, 0.15) is 22.9 Å². The summed E-state index contributed by atoms with van der Waals surface area (Å²) in [5.41, 5.74) is 0.612. The first-order valence-electron chi connectivity index (χ1n) is 14.2. The number of hydrogen-bond donors (Lipinski definition) is 0. The molecule has 2 nitrogen and oxygen atoms in total. The summed E-state index contributed by atoms with van der Waals surface area (Å²) in [4.78, 5) is 0. The van der Waals surface area contributed by atoms with Gasteiger partial charge in [0.05, 0.1) is 0 Å². The van der Waals surface area contributed by atoms with Crippen LogP contribution in [0.15, 0.2) is 60.7 Å². The summed E-state index contributed by atoms with van der Waals surface area (Å²) >= 11 is 0. The molecule has 39 heavy (non-hydrogen) atoms. The average Bonchev–Trinajstić information content (AvgIpc) is 2.92. The number of benzene rings is 3. The Bertz CT molecular complexity index is 1130. The molecule has 0 aliphatic heterocycles. The third kappa shape index (κ3) is 9.59. The minimum absolute atomic E-state index is 0.174. The summed E-state index contributed by atoms with van der Waals surface area (Å²) in [7, 11) is 0. The van der Waals surface area contributed by atoms with Gasteiger partial charge in [0.15, 0.2) is 11.6 Å². The van der Waals surface area contributed by atoms with Crippen LogP contribution in [0, 0.1) is 11.6 Å². The molecule has 0 bridgehead atoms. The van der Waals surface area contributed by atoms with E-state index in [1.807, 2.05) is 12.1 Å². The van der Waals surface area contributed by atoms with Crippen molar-refractivity contribution in [3.63, 3.8) is 0 Å². The van der Waals surface area contributed by atoms with Gasteiger partial charge in [-0.3, -0.25) is 0 Å². The van der Waals surface area contributed by atoms with Gasteiger partial charge in [-0.15, -0.1) is 0 Å². The molecule has 0 N–H and O–H groups in total. The highest BCUT2D eigenvalue weighted by atomic mass is 19.3. The normalized spacial score (nSPS) is 11.5. The van der Waals surface area contributed by atoms with Crippen molar-refractivity contribution in [1.82, 2.24) is 0 Å². The van der Waals surface area contributed by atoms with Gasteiger partial charge in [-0.2, -0.15) is 8.78 Å². The van der Waals surface area contributed by atoms with Crippen LogP contribution in [-0.4, -0.2) is 0 Å². The molecule has 0 saturated carbocycles. The van der Waals surface area contributed by atoms with Crippen molar-refractivity contribution in [2.45, 2.75) is 97.0 Å². The number of aryl methyl sites for hydroxylation is 2. The fraction of sp³-hybridized carbons (Fsp3) is 0.455. The van der Waals surface area contributed by atoms with Gasteiger partial charge in [-0.1, -0.05) is 89.5 Å². The van der Waals surface area contributed by atoms with Crippen molar-refractivity contribution in [2.75, 3.05) is 0 Å². The number of halogens is 4. The molecule has 0 heterocycles. The van der Waals surface area contributed by atoms with Crippen molar-refractivity contribution >= 4 is 0 Å². The molecule has 3 rings (SSSR count). The highest BCUT2D eigenvalue weighted by Crippen LogP contribution is 2.39. The molecular formula is C33H40F4O2. The lowest BCUT2D eigenvalue weighted by Crippen LogP contribution is -2.25. The Balaban J connectivity index is 1.59. The Labute approximate surface area is 230 Å². The topological polar surface area (TPSA) is 18.5 Å². The zero-order valence-corrected chi connectivity index (χ0v) is 23.1. The average molecular weight is 545 g/mol. The van der Waals surface area contributed by atoms with E-state index in [2.05, 4.69) is 13.8 Å². The maximum absolute atomic E-state index is 15.1. The summed E-state index contributed by atoms with van der Waals surface area (Å²) in [5.74, 6) is -3.32. The van der Waals surface area contributed by atoms with E-state index < -0.39 is 29.1 Å². The van der Waals surface area contributed by atoms with Crippen molar-refractivity contribution in [3.8, 4) is 17.2 Å². The molecule has 3 aromatic carbocycles. The zero-order chi connectivity index (χ0) is 28.1. The Morgan fingerprint density at radius 3 is 1.69 bits per heavy atom. The molecule has 0 aromatic heterocycles. The van der Waals surface area contributed by atoms with Crippen molar-refractivity contribution in [3.05, 3.63) is 89.0 Å². The maximum Gasteiger partial charge on any atom is 0.432 e. The van der Waals surface area contributed by atoms with Crippen molar-refractivity contribution in [2.24, 2.45) is 0 Å². The fourth-order valence-electron chi connectivity index (χ4n) is 4.50. The molecule has 0 radical (unpaired) electrons. The second-order valence-corrected chi connectivity index (χ2v) is 10.1. The SMILES string of the molecule is CCCCCCCCCCc1ccc(OC(F)(F)c2c(F)ccc(Oc3ccc(CCCC)cc3)c2F)cc1. The predicted octanol–water partition coefficient (Wildman–Crippen LogP) is 10.9. The van der Waals surface area contributed by atoms with Gasteiger partial charge in [0.25, 0.3) is 0 Å².